The van der Waals surface area contributed by atoms with Gasteiger partial charge in [0, 0.05) is 42.6 Å². The first-order chi connectivity index (χ1) is 26.9. The van der Waals surface area contributed by atoms with Gasteiger partial charge in [-0.1, -0.05) is 135 Å². The van der Waals surface area contributed by atoms with Gasteiger partial charge in [-0.05, 0) is 135 Å². The van der Waals surface area contributed by atoms with Gasteiger partial charge in [-0.15, -0.1) is 23.1 Å². The third-order valence-corrected chi connectivity index (χ3v) is 14.7. The van der Waals surface area contributed by atoms with E-state index < -0.39 is 0 Å². The summed E-state index contributed by atoms with van der Waals surface area (Å²) in [5, 5.41) is 6.90. The van der Waals surface area contributed by atoms with E-state index in [2.05, 4.69) is 206 Å². The predicted octanol–water partition coefficient (Wildman–Crippen LogP) is 15.9. The molecule has 0 saturated carbocycles. The molecule has 0 N–H and O–H groups in total. The minimum Gasteiger partial charge on any atom is -0.314 e. The van der Waals surface area contributed by atoms with Crippen molar-refractivity contribution in [3.63, 3.8) is 0 Å². The zero-order valence-electron chi connectivity index (χ0n) is 31.1. The van der Waals surface area contributed by atoms with Crippen LogP contribution in [0.2, 0.25) is 0 Å². The van der Waals surface area contributed by atoms with Crippen LogP contribution < -0.4 is 4.90 Å². The van der Waals surface area contributed by atoms with E-state index in [4.69, 9.17) is 0 Å². The van der Waals surface area contributed by atoms with E-state index in [0.29, 0.717) is 5.25 Å². The first kappa shape index (κ1) is 36.0. The van der Waals surface area contributed by atoms with E-state index in [9.17, 15) is 0 Å². The number of hydrogen-bond acceptors (Lipinski definition) is 3. The Hall–Kier alpha value is -4.62. The maximum Gasteiger partial charge on any atom is 0.0738 e. The number of thiophene rings is 1. The van der Waals surface area contributed by atoms with Crippen molar-refractivity contribution < 1.29 is 0 Å². The Bertz CT molecular complexity index is 2730. The van der Waals surface area contributed by atoms with Crippen LogP contribution in [-0.2, 0) is 5.41 Å². The number of thioether (sulfide) groups is 1. The molecule has 2 atom stereocenters. The second-order valence-electron chi connectivity index (χ2n) is 14.9. The molecule has 0 bridgehead atoms. The lowest BCUT2D eigenvalue weighted by Gasteiger charge is -2.38. The third kappa shape index (κ3) is 6.94. The second kappa shape index (κ2) is 15.1. The summed E-state index contributed by atoms with van der Waals surface area (Å²) in [5.41, 5.74) is 10.3. The molecule has 0 fully saturated rings. The molecule has 9 rings (SSSR count). The number of hydrogen-bond donors (Lipinski definition) is 0. The Balaban J connectivity index is 1.12. The van der Waals surface area contributed by atoms with Crippen molar-refractivity contribution in [3.05, 3.63) is 184 Å². The number of halogens is 1. The van der Waals surface area contributed by atoms with Crippen LogP contribution in [0.1, 0.15) is 49.8 Å². The summed E-state index contributed by atoms with van der Waals surface area (Å²) < 4.78 is 2.66. The molecule has 0 saturated heterocycles. The highest BCUT2D eigenvalue weighted by Crippen LogP contribution is 2.47. The highest BCUT2D eigenvalue weighted by Gasteiger charge is 2.32. The average Bonchev–Trinajstić information content (AvgIpc) is 3.53. The number of rotatable bonds is 7. The van der Waals surface area contributed by atoms with Gasteiger partial charge in [-0.25, -0.2) is 0 Å². The van der Waals surface area contributed by atoms with Gasteiger partial charge in [-0.3, -0.25) is 0 Å². The van der Waals surface area contributed by atoms with Crippen molar-refractivity contribution >= 4 is 101 Å². The predicted molar refractivity (Wildman–Crippen MR) is 252 cm³/mol. The maximum absolute atomic E-state index is 3.91. The minimum atomic E-state index is 0.0378. The molecule has 1 nitrogen and oxygen atoms in total. The lowest BCUT2D eigenvalue weighted by molar-refractivity contribution is 0.418. The quantitative estimate of drug-likeness (QED) is 0.0892. The molecule has 0 amide bonds. The third-order valence-electron chi connectivity index (χ3n) is 11.3. The van der Waals surface area contributed by atoms with E-state index in [1.165, 1.54) is 84.3 Å². The first-order valence-electron chi connectivity index (χ1n) is 19.1. The summed E-state index contributed by atoms with van der Waals surface area (Å²) in [4.78, 5) is 3.88. The van der Waals surface area contributed by atoms with E-state index in [1.54, 1.807) is 0 Å². The Labute approximate surface area is 346 Å². The van der Waals surface area contributed by atoms with Crippen LogP contribution in [0.3, 0.4) is 0 Å². The molecule has 4 heteroatoms. The van der Waals surface area contributed by atoms with Crippen LogP contribution in [-0.4, -0.2) is 5.25 Å². The van der Waals surface area contributed by atoms with Crippen LogP contribution in [0.4, 0.5) is 11.4 Å². The average molecular weight is 860 g/mol. The Morgan fingerprint density at radius 1 is 0.818 bits per heavy atom. The van der Waals surface area contributed by atoms with Crippen LogP contribution in [0.5, 0.6) is 0 Å². The summed E-state index contributed by atoms with van der Waals surface area (Å²) in [6.45, 7) is 8.62. The van der Waals surface area contributed by atoms with Gasteiger partial charge in [0.2, 0.25) is 0 Å². The number of nitrogens with zero attached hydrogens (tertiary/aromatic N) is 1. The van der Waals surface area contributed by atoms with Crippen LogP contribution >= 0.6 is 45.7 Å². The van der Waals surface area contributed by atoms with Crippen molar-refractivity contribution in [1.29, 1.82) is 0 Å². The summed E-state index contributed by atoms with van der Waals surface area (Å²) in [5.74, 6) is 0. The largest absolute Gasteiger partial charge is 0.314 e. The van der Waals surface area contributed by atoms with Crippen LogP contribution in [0.15, 0.2) is 169 Å². The molecule has 6 aromatic carbocycles. The normalized spacial score (nSPS) is 19.5. The number of fused-ring (bicyclic) bond motifs is 5. The molecule has 55 heavy (non-hydrogen) atoms. The molecule has 7 aromatic rings. The molecule has 0 spiro atoms. The van der Waals surface area contributed by atoms with Crippen molar-refractivity contribution in [2.45, 2.75) is 48.7 Å². The molecule has 1 aliphatic carbocycles. The topological polar surface area (TPSA) is 3.24 Å². The molecule has 1 aliphatic heterocycles. The van der Waals surface area contributed by atoms with Gasteiger partial charge < -0.3 is 4.90 Å². The summed E-state index contributed by atoms with van der Waals surface area (Å²) >= 11 is 6.27. The fourth-order valence-corrected chi connectivity index (χ4v) is 11.3. The Morgan fingerprint density at radius 2 is 1.60 bits per heavy atom. The van der Waals surface area contributed by atoms with E-state index >= 15 is 0 Å². The van der Waals surface area contributed by atoms with E-state index in [-0.39, 0.29) is 5.41 Å². The Kier molecular flexibility index (Phi) is 9.92. The van der Waals surface area contributed by atoms with Gasteiger partial charge >= 0.3 is 0 Å². The molecular weight excluding hydrogens is 818 g/mol. The summed E-state index contributed by atoms with van der Waals surface area (Å²) in [7, 11) is 0. The van der Waals surface area contributed by atoms with Gasteiger partial charge in [0.25, 0.3) is 0 Å². The van der Waals surface area contributed by atoms with E-state index in [1.807, 2.05) is 29.2 Å². The number of benzene rings is 6. The molecular formula is C51H42INS2. The maximum atomic E-state index is 3.91. The zero-order valence-corrected chi connectivity index (χ0v) is 34.9. The lowest BCUT2D eigenvalue weighted by Crippen LogP contribution is -2.28. The van der Waals surface area contributed by atoms with Crippen molar-refractivity contribution in [2.75, 3.05) is 4.90 Å². The molecule has 2 aliphatic rings. The van der Waals surface area contributed by atoms with Crippen molar-refractivity contribution in [2.24, 2.45) is 0 Å². The molecule has 1 aromatic heterocycles. The fraction of sp³-hybridized carbons (Fsp3) is 0.137. The molecule has 270 valence electrons. The van der Waals surface area contributed by atoms with Crippen LogP contribution in [0.25, 0.3) is 54.9 Å². The van der Waals surface area contributed by atoms with Crippen molar-refractivity contribution in [1.82, 2.24) is 0 Å². The Morgan fingerprint density at radius 3 is 2.40 bits per heavy atom. The fourth-order valence-electron chi connectivity index (χ4n) is 8.27. The van der Waals surface area contributed by atoms with Gasteiger partial charge in [0.15, 0.2) is 0 Å². The minimum absolute atomic E-state index is 0.0378. The summed E-state index contributed by atoms with van der Waals surface area (Å²) in [6.07, 6.45) is 20.5. The van der Waals surface area contributed by atoms with E-state index in [0.717, 1.165) is 19.3 Å². The van der Waals surface area contributed by atoms with Gasteiger partial charge in [-0.2, -0.15) is 0 Å². The smallest absolute Gasteiger partial charge is 0.0738 e. The monoisotopic (exact) mass is 859 g/mol. The summed E-state index contributed by atoms with van der Waals surface area (Å²) in [6, 6.07) is 43.5. The van der Waals surface area contributed by atoms with Gasteiger partial charge in [0.1, 0.15) is 0 Å². The standard InChI is InChI=1S/C51H42INS2/c1-4-5-15-45-46-33-39(22-26-49(46)55-50(45)52)51(3)29-27-41(28-30-51)53(47-32-37-13-8-9-16-42(37)43-17-10-11-18-44(43)47)40-23-19-35(20-24-40)36-21-25-48-38(31-36)14-7-6-12-34(2)54-48/h4-27,31-34H,1,28-30H2,2-3H3/b12-6-,14-7-,15-5-/t34-,51?/m0/s1. The number of allylic oxidation sites excluding steroid dienone is 6. The first-order valence-corrected chi connectivity index (χ1v) is 21.8. The molecule has 1 unspecified atom stereocenters. The van der Waals surface area contributed by atoms with Gasteiger partial charge in [0.05, 0.1) is 8.57 Å². The highest BCUT2D eigenvalue weighted by molar-refractivity contribution is 14.1. The zero-order chi connectivity index (χ0) is 37.5. The van der Waals surface area contributed by atoms with Crippen LogP contribution in [0, 0.1) is 2.88 Å². The van der Waals surface area contributed by atoms with Crippen molar-refractivity contribution in [3.8, 4) is 11.1 Å². The molecule has 2 heterocycles. The SMILES string of the molecule is C=C/C=C\c1c(I)sc2ccc(C3(C)CC=C(N(c4ccc(-c5ccc6c(c5)/C=C\C=C/[C@H](C)S6)cc4)c4cc5ccccc5c5ccccc45)CC3)cc12. The molecule has 0 radical (unpaired) electrons. The number of anilines is 2. The highest BCUT2D eigenvalue weighted by atomic mass is 127. The second-order valence-corrected chi connectivity index (χ2v) is 19.2. The lowest BCUT2D eigenvalue weighted by atomic mass is 9.72.